The van der Waals surface area contributed by atoms with E-state index < -0.39 is 5.54 Å². The van der Waals surface area contributed by atoms with Crippen molar-refractivity contribution in [1.82, 2.24) is 5.32 Å². The molecule has 1 fully saturated rings. The minimum Gasteiger partial charge on any atom is -0.394 e. The van der Waals surface area contributed by atoms with Crippen LogP contribution in [0.5, 0.6) is 0 Å². The Bertz CT molecular complexity index is 541. The van der Waals surface area contributed by atoms with Gasteiger partial charge in [-0.25, -0.2) is 0 Å². The van der Waals surface area contributed by atoms with Crippen LogP contribution in [0, 0.1) is 17.2 Å². The Morgan fingerprint density at radius 2 is 1.95 bits per heavy atom. The third-order valence-corrected chi connectivity index (χ3v) is 4.71. The Hall–Kier alpha value is -1.86. The van der Waals surface area contributed by atoms with Crippen LogP contribution in [-0.2, 0) is 11.2 Å². The van der Waals surface area contributed by atoms with E-state index in [9.17, 15) is 9.90 Å². The zero-order chi connectivity index (χ0) is 16.0. The van der Waals surface area contributed by atoms with Gasteiger partial charge in [0.15, 0.2) is 0 Å². The Morgan fingerprint density at radius 1 is 1.32 bits per heavy atom. The number of nitriles is 1. The second kappa shape index (κ2) is 7.42. The lowest BCUT2D eigenvalue weighted by molar-refractivity contribution is -0.123. The van der Waals surface area contributed by atoms with Crippen molar-refractivity contribution in [3.8, 4) is 6.07 Å². The normalized spacial score (nSPS) is 18.2. The molecule has 0 spiro atoms. The van der Waals surface area contributed by atoms with E-state index in [1.807, 2.05) is 6.92 Å². The third kappa shape index (κ3) is 4.08. The summed E-state index contributed by atoms with van der Waals surface area (Å²) in [5.74, 6) is 0.267. The molecule has 1 aliphatic carbocycles. The van der Waals surface area contributed by atoms with E-state index in [1.165, 1.54) is 19.3 Å². The maximum absolute atomic E-state index is 12.3. The number of carbonyl (C=O) groups excluding carboxylic acids is 1. The molecule has 1 aromatic rings. The number of hydrogen-bond acceptors (Lipinski definition) is 3. The van der Waals surface area contributed by atoms with Crippen LogP contribution in [0.15, 0.2) is 24.3 Å². The minimum atomic E-state index is -0.538. The number of carbonyl (C=O) groups is 1. The Labute approximate surface area is 132 Å². The highest BCUT2D eigenvalue weighted by Gasteiger charge is 2.35. The Kier molecular flexibility index (Phi) is 5.57. The molecule has 2 N–H and O–H groups in total. The van der Waals surface area contributed by atoms with E-state index in [4.69, 9.17) is 5.26 Å². The average Bonchev–Trinajstić information content (AvgIpc) is 2.56. The fourth-order valence-corrected chi connectivity index (χ4v) is 3.26. The van der Waals surface area contributed by atoms with Crippen LogP contribution in [-0.4, -0.2) is 23.2 Å². The largest absolute Gasteiger partial charge is 0.394 e. The van der Waals surface area contributed by atoms with Crippen molar-refractivity contribution in [2.45, 2.75) is 51.0 Å². The van der Waals surface area contributed by atoms with E-state index in [-0.39, 0.29) is 18.9 Å². The molecule has 1 amide bonds. The van der Waals surface area contributed by atoms with Crippen molar-refractivity contribution in [1.29, 1.82) is 5.26 Å². The van der Waals surface area contributed by atoms with Crippen LogP contribution in [0.25, 0.3) is 0 Å². The molecule has 0 aliphatic heterocycles. The van der Waals surface area contributed by atoms with Crippen molar-refractivity contribution in [3.63, 3.8) is 0 Å². The number of hydrogen-bond donors (Lipinski definition) is 2. The van der Waals surface area contributed by atoms with Crippen LogP contribution in [0.2, 0.25) is 0 Å². The molecular formula is C18H24N2O2. The summed E-state index contributed by atoms with van der Waals surface area (Å²) in [4.78, 5) is 12.3. The van der Waals surface area contributed by atoms with Crippen LogP contribution < -0.4 is 5.32 Å². The van der Waals surface area contributed by atoms with E-state index in [2.05, 4.69) is 11.4 Å². The van der Waals surface area contributed by atoms with Gasteiger partial charge in [-0.1, -0.05) is 31.4 Å². The van der Waals surface area contributed by atoms with Crippen LogP contribution >= 0.6 is 0 Å². The highest BCUT2D eigenvalue weighted by molar-refractivity contribution is 5.79. The number of aliphatic hydroxyl groups excluding tert-OH is 1. The lowest BCUT2D eigenvalue weighted by atomic mass is 9.76. The van der Waals surface area contributed by atoms with Crippen LogP contribution in [0.4, 0.5) is 0 Å². The average molecular weight is 300 g/mol. The molecule has 4 nitrogen and oxygen atoms in total. The van der Waals surface area contributed by atoms with E-state index >= 15 is 0 Å². The van der Waals surface area contributed by atoms with Crippen LogP contribution in [0.3, 0.4) is 0 Å². The van der Waals surface area contributed by atoms with Gasteiger partial charge in [-0.3, -0.25) is 4.79 Å². The third-order valence-electron chi connectivity index (χ3n) is 4.71. The van der Waals surface area contributed by atoms with Crippen molar-refractivity contribution < 1.29 is 9.90 Å². The van der Waals surface area contributed by atoms with Gasteiger partial charge < -0.3 is 10.4 Å². The van der Waals surface area contributed by atoms with Gasteiger partial charge in [0.25, 0.3) is 0 Å². The van der Waals surface area contributed by atoms with Gasteiger partial charge >= 0.3 is 0 Å². The quantitative estimate of drug-likeness (QED) is 0.877. The molecular weight excluding hydrogens is 276 g/mol. The SMILES string of the molecule is C[C@](CO)(NC(=O)Cc1ccc(C#N)cc1)C1CCCCC1. The minimum absolute atomic E-state index is 0.0310. The number of amides is 1. The van der Waals surface area contributed by atoms with Gasteiger partial charge in [-0.2, -0.15) is 5.26 Å². The molecule has 0 heterocycles. The Balaban J connectivity index is 1.97. The second-order valence-electron chi connectivity index (χ2n) is 6.44. The summed E-state index contributed by atoms with van der Waals surface area (Å²) in [5.41, 5.74) is 0.927. The van der Waals surface area contributed by atoms with Gasteiger partial charge in [-0.05, 0) is 43.4 Å². The first-order chi connectivity index (χ1) is 10.6. The molecule has 0 saturated heterocycles. The predicted octanol–water partition coefficient (Wildman–Crippen LogP) is 2.55. The van der Waals surface area contributed by atoms with E-state index in [0.717, 1.165) is 18.4 Å². The maximum Gasteiger partial charge on any atom is 0.224 e. The molecule has 0 bridgehead atoms. The predicted molar refractivity (Wildman–Crippen MR) is 85.1 cm³/mol. The maximum atomic E-state index is 12.3. The van der Waals surface area contributed by atoms with Crippen LogP contribution in [0.1, 0.15) is 50.2 Å². The number of nitrogens with one attached hydrogen (secondary N) is 1. The van der Waals surface area contributed by atoms with Gasteiger partial charge in [0, 0.05) is 0 Å². The number of benzene rings is 1. The van der Waals surface area contributed by atoms with Crippen molar-refractivity contribution in [2.75, 3.05) is 6.61 Å². The highest BCUT2D eigenvalue weighted by Crippen LogP contribution is 2.32. The van der Waals surface area contributed by atoms with Gasteiger partial charge in [0.2, 0.25) is 5.91 Å². The summed E-state index contributed by atoms with van der Waals surface area (Å²) in [6.07, 6.45) is 5.99. The monoisotopic (exact) mass is 300 g/mol. The lowest BCUT2D eigenvalue weighted by Gasteiger charge is -2.39. The van der Waals surface area contributed by atoms with Gasteiger partial charge in [0.1, 0.15) is 0 Å². The number of nitrogens with zero attached hydrogens (tertiary/aromatic N) is 1. The zero-order valence-corrected chi connectivity index (χ0v) is 13.1. The van der Waals surface area contributed by atoms with Gasteiger partial charge in [0.05, 0.1) is 30.2 Å². The molecule has 1 atom stereocenters. The van der Waals surface area contributed by atoms with Crippen molar-refractivity contribution in [3.05, 3.63) is 35.4 Å². The summed E-state index contributed by atoms with van der Waals surface area (Å²) < 4.78 is 0. The Morgan fingerprint density at radius 3 is 2.50 bits per heavy atom. The molecule has 0 unspecified atom stereocenters. The molecule has 118 valence electrons. The fourth-order valence-electron chi connectivity index (χ4n) is 3.26. The summed E-state index contributed by atoms with van der Waals surface area (Å²) >= 11 is 0. The summed E-state index contributed by atoms with van der Waals surface area (Å²) in [6.45, 7) is 1.91. The molecule has 0 aromatic heterocycles. The number of rotatable bonds is 5. The van der Waals surface area contributed by atoms with E-state index in [1.54, 1.807) is 24.3 Å². The van der Waals surface area contributed by atoms with Crippen molar-refractivity contribution >= 4 is 5.91 Å². The van der Waals surface area contributed by atoms with Crippen molar-refractivity contribution in [2.24, 2.45) is 5.92 Å². The number of aliphatic hydroxyl groups is 1. The van der Waals surface area contributed by atoms with E-state index in [0.29, 0.717) is 11.5 Å². The smallest absolute Gasteiger partial charge is 0.224 e. The molecule has 1 saturated carbocycles. The molecule has 2 rings (SSSR count). The highest BCUT2D eigenvalue weighted by atomic mass is 16.3. The topological polar surface area (TPSA) is 73.1 Å². The van der Waals surface area contributed by atoms with Gasteiger partial charge in [-0.15, -0.1) is 0 Å². The standard InChI is InChI=1S/C18H24N2O2/c1-18(13-21,16-5-3-2-4-6-16)20-17(22)11-14-7-9-15(12-19)10-8-14/h7-10,16,21H,2-6,11,13H2,1H3,(H,20,22)/t18-/m1/s1. The zero-order valence-electron chi connectivity index (χ0n) is 13.1. The lowest BCUT2D eigenvalue weighted by Crippen LogP contribution is -2.55. The molecule has 1 aliphatic rings. The first-order valence-electron chi connectivity index (χ1n) is 7.98. The second-order valence-corrected chi connectivity index (χ2v) is 6.44. The summed E-state index contributed by atoms with van der Waals surface area (Å²) in [7, 11) is 0. The fraction of sp³-hybridized carbons (Fsp3) is 0.556. The molecule has 4 heteroatoms. The molecule has 0 radical (unpaired) electrons. The first-order valence-corrected chi connectivity index (χ1v) is 7.98. The summed E-state index contributed by atoms with van der Waals surface area (Å²) in [5, 5.41) is 21.6. The first kappa shape index (κ1) is 16.5. The molecule has 22 heavy (non-hydrogen) atoms. The summed E-state index contributed by atoms with van der Waals surface area (Å²) in [6, 6.07) is 9.10. The molecule has 1 aromatic carbocycles.